The number of nitrogens with one attached hydrogen (secondary N) is 1. The van der Waals surface area contributed by atoms with Crippen LogP contribution in [0.15, 0.2) is 66.0 Å². The Bertz CT molecular complexity index is 1030. The number of likely N-dealkylation sites (tertiary alicyclic amines) is 1. The monoisotopic (exact) mass is 476 g/mol. The number of hydrogen-bond donors (Lipinski definition) is 1. The average molecular weight is 477 g/mol. The Morgan fingerprint density at radius 2 is 1.74 bits per heavy atom. The van der Waals surface area contributed by atoms with E-state index in [-0.39, 0.29) is 11.3 Å². The first kappa shape index (κ1) is 24.6. The Morgan fingerprint density at radius 1 is 1.06 bits per heavy atom. The van der Waals surface area contributed by atoms with Gasteiger partial charge in [-0.3, -0.25) is 4.79 Å². The molecule has 0 unspecified atom stereocenters. The van der Waals surface area contributed by atoms with E-state index >= 15 is 0 Å². The van der Waals surface area contributed by atoms with E-state index in [1.54, 1.807) is 11.3 Å². The van der Waals surface area contributed by atoms with Gasteiger partial charge in [-0.05, 0) is 58.1 Å². The Kier molecular flexibility index (Phi) is 8.48. The van der Waals surface area contributed by atoms with E-state index in [1.165, 1.54) is 6.42 Å². The Hall–Kier alpha value is -2.54. The second-order valence-electron chi connectivity index (χ2n) is 9.38. The zero-order chi connectivity index (χ0) is 23.8. The zero-order valence-electron chi connectivity index (χ0n) is 20.4. The van der Waals surface area contributed by atoms with Crippen LogP contribution in [0.1, 0.15) is 41.6 Å². The Morgan fingerprint density at radius 3 is 2.41 bits per heavy atom. The van der Waals surface area contributed by atoms with Crippen LogP contribution in [0.25, 0.3) is 11.3 Å². The van der Waals surface area contributed by atoms with Crippen LogP contribution in [0.2, 0.25) is 0 Å². The Labute approximate surface area is 207 Å². The topological polar surface area (TPSA) is 48.5 Å². The van der Waals surface area contributed by atoms with Gasteiger partial charge in [0, 0.05) is 41.6 Å². The van der Waals surface area contributed by atoms with Crippen molar-refractivity contribution in [2.45, 2.75) is 31.6 Å². The molecule has 1 saturated heterocycles. The highest BCUT2D eigenvalue weighted by atomic mass is 32.1. The summed E-state index contributed by atoms with van der Waals surface area (Å²) in [4.78, 5) is 22.9. The second-order valence-corrected chi connectivity index (χ2v) is 10.2. The Balaban J connectivity index is 1.48. The number of carbonyl (C=O) groups is 1. The first-order valence-electron chi connectivity index (χ1n) is 12.4. The zero-order valence-corrected chi connectivity index (χ0v) is 21.2. The van der Waals surface area contributed by atoms with Crippen molar-refractivity contribution in [1.29, 1.82) is 0 Å². The van der Waals surface area contributed by atoms with Crippen molar-refractivity contribution in [1.82, 2.24) is 20.1 Å². The first-order valence-corrected chi connectivity index (χ1v) is 13.2. The minimum atomic E-state index is -0.131. The van der Waals surface area contributed by atoms with Gasteiger partial charge in [0.1, 0.15) is 5.01 Å². The number of carbonyl (C=O) groups excluding carboxylic acids is 1. The number of amides is 1. The van der Waals surface area contributed by atoms with Crippen molar-refractivity contribution in [3.63, 3.8) is 0 Å². The van der Waals surface area contributed by atoms with Crippen LogP contribution in [-0.4, -0.2) is 67.0 Å². The molecule has 180 valence electrons. The molecular weight excluding hydrogens is 440 g/mol. The number of aromatic nitrogens is 1. The van der Waals surface area contributed by atoms with E-state index in [9.17, 15) is 4.79 Å². The summed E-state index contributed by atoms with van der Waals surface area (Å²) in [7, 11) is 2.21. The van der Waals surface area contributed by atoms with E-state index in [2.05, 4.69) is 58.7 Å². The summed E-state index contributed by atoms with van der Waals surface area (Å²) in [6.07, 6.45) is 3.19. The molecule has 2 aromatic carbocycles. The number of rotatable bonds is 10. The maximum atomic E-state index is 12.8. The fourth-order valence-electron chi connectivity index (χ4n) is 4.68. The molecule has 5 nitrogen and oxygen atoms in total. The lowest BCUT2D eigenvalue weighted by Gasteiger charge is -2.41. The molecule has 34 heavy (non-hydrogen) atoms. The molecule has 1 amide bonds. The lowest BCUT2D eigenvalue weighted by Crippen LogP contribution is -2.50. The standard InChI is InChI=1S/C28H36N4OS/c1-3-16-31(2)19-20-32-17-14-28(15-18-32,22-29-26(33)24-12-8-5-9-13-24)27-30-25(21-34-27)23-10-6-4-7-11-23/h4-13,21H,3,14-20,22H2,1-2H3,(H,29,33). The molecule has 0 radical (unpaired) electrons. The van der Waals surface area contributed by atoms with E-state index in [1.807, 2.05) is 36.4 Å². The van der Waals surface area contributed by atoms with Gasteiger partial charge in [0.25, 0.3) is 5.91 Å². The molecule has 3 aromatic rings. The number of nitrogens with zero attached hydrogens (tertiary/aromatic N) is 3. The molecule has 0 spiro atoms. The molecule has 0 aliphatic carbocycles. The molecule has 0 saturated carbocycles. The van der Waals surface area contributed by atoms with Crippen LogP contribution in [-0.2, 0) is 5.41 Å². The fourth-order valence-corrected chi connectivity index (χ4v) is 5.77. The van der Waals surface area contributed by atoms with Crippen LogP contribution in [0.4, 0.5) is 0 Å². The van der Waals surface area contributed by atoms with Crippen molar-refractivity contribution in [3.8, 4) is 11.3 Å². The number of piperidine rings is 1. The molecule has 1 fully saturated rings. The average Bonchev–Trinajstić information content (AvgIpc) is 3.39. The van der Waals surface area contributed by atoms with Crippen molar-refractivity contribution in [3.05, 3.63) is 76.6 Å². The number of hydrogen-bond acceptors (Lipinski definition) is 5. The summed E-state index contributed by atoms with van der Waals surface area (Å²) in [5, 5.41) is 6.55. The van der Waals surface area contributed by atoms with E-state index in [0.717, 1.165) is 61.8 Å². The highest BCUT2D eigenvalue weighted by Gasteiger charge is 2.39. The molecule has 1 aliphatic heterocycles. The number of thiazole rings is 1. The van der Waals surface area contributed by atoms with Crippen LogP contribution in [0.5, 0.6) is 0 Å². The molecule has 2 heterocycles. The molecule has 1 aliphatic rings. The predicted octanol–water partition coefficient (Wildman–Crippen LogP) is 4.92. The molecule has 6 heteroatoms. The van der Waals surface area contributed by atoms with Gasteiger partial charge in [-0.15, -0.1) is 11.3 Å². The maximum absolute atomic E-state index is 12.8. The van der Waals surface area contributed by atoms with Crippen LogP contribution >= 0.6 is 11.3 Å². The summed E-state index contributed by atoms with van der Waals surface area (Å²) < 4.78 is 0. The van der Waals surface area contributed by atoms with Gasteiger partial charge in [0.05, 0.1) is 5.69 Å². The van der Waals surface area contributed by atoms with Gasteiger partial charge in [-0.1, -0.05) is 55.5 Å². The highest BCUT2D eigenvalue weighted by molar-refractivity contribution is 7.10. The van der Waals surface area contributed by atoms with Gasteiger partial charge >= 0.3 is 0 Å². The maximum Gasteiger partial charge on any atom is 0.251 e. The third kappa shape index (κ3) is 6.12. The molecule has 1 N–H and O–H groups in total. The van der Waals surface area contributed by atoms with E-state index in [4.69, 9.17) is 4.98 Å². The first-order chi connectivity index (χ1) is 16.6. The van der Waals surface area contributed by atoms with Crippen LogP contribution in [0, 0.1) is 0 Å². The lowest BCUT2D eigenvalue weighted by atomic mass is 9.78. The minimum absolute atomic E-state index is 0.0107. The van der Waals surface area contributed by atoms with Crippen molar-refractivity contribution < 1.29 is 4.79 Å². The van der Waals surface area contributed by atoms with Crippen molar-refractivity contribution in [2.24, 2.45) is 0 Å². The second kappa shape index (κ2) is 11.7. The third-order valence-electron chi connectivity index (χ3n) is 6.87. The van der Waals surface area contributed by atoms with Crippen LogP contribution < -0.4 is 5.32 Å². The quantitative estimate of drug-likeness (QED) is 0.451. The SMILES string of the molecule is CCCN(C)CCN1CCC(CNC(=O)c2ccccc2)(c2nc(-c3ccccc3)cs2)CC1. The van der Waals surface area contributed by atoms with Gasteiger partial charge in [0.15, 0.2) is 0 Å². The fraction of sp³-hybridized carbons (Fsp3) is 0.429. The summed E-state index contributed by atoms with van der Waals surface area (Å²) in [5.74, 6) is -0.0107. The summed E-state index contributed by atoms with van der Waals surface area (Å²) in [5.41, 5.74) is 2.74. The minimum Gasteiger partial charge on any atom is -0.351 e. The van der Waals surface area contributed by atoms with Gasteiger partial charge < -0.3 is 15.1 Å². The molecule has 1 aromatic heterocycles. The number of likely N-dealkylation sites (N-methyl/N-ethyl adjacent to an activating group) is 1. The largest absolute Gasteiger partial charge is 0.351 e. The van der Waals surface area contributed by atoms with Crippen molar-refractivity contribution >= 4 is 17.2 Å². The molecule has 0 bridgehead atoms. The molecule has 0 atom stereocenters. The smallest absolute Gasteiger partial charge is 0.251 e. The highest BCUT2D eigenvalue weighted by Crippen LogP contribution is 2.38. The van der Waals surface area contributed by atoms with E-state index < -0.39 is 0 Å². The molecule has 4 rings (SSSR count). The predicted molar refractivity (Wildman–Crippen MR) is 141 cm³/mol. The summed E-state index contributed by atoms with van der Waals surface area (Å²) in [6, 6.07) is 19.9. The van der Waals surface area contributed by atoms with Crippen molar-refractivity contribution in [2.75, 3.05) is 46.3 Å². The summed E-state index contributed by atoms with van der Waals surface area (Å²) >= 11 is 1.73. The van der Waals surface area contributed by atoms with Gasteiger partial charge in [-0.25, -0.2) is 4.98 Å². The normalized spacial score (nSPS) is 16.0. The molecular formula is C28H36N4OS. The van der Waals surface area contributed by atoms with Gasteiger partial charge in [0.2, 0.25) is 0 Å². The van der Waals surface area contributed by atoms with Crippen LogP contribution in [0.3, 0.4) is 0 Å². The van der Waals surface area contributed by atoms with E-state index in [0.29, 0.717) is 12.1 Å². The third-order valence-corrected chi connectivity index (χ3v) is 7.96. The summed E-state index contributed by atoms with van der Waals surface area (Å²) in [6.45, 7) is 8.24. The van der Waals surface area contributed by atoms with Gasteiger partial charge in [-0.2, -0.15) is 0 Å². The number of benzene rings is 2. The lowest BCUT2D eigenvalue weighted by molar-refractivity contribution is 0.0918.